The first-order valence-corrected chi connectivity index (χ1v) is 5.93. The molecular weight excluding hydrogens is 184 g/mol. The number of hydrogen-bond donors (Lipinski definition) is 1. The lowest BCUT2D eigenvalue weighted by atomic mass is 9.85. The Balaban J connectivity index is 3.61. The van der Waals surface area contributed by atoms with Crippen LogP contribution in [0.3, 0.4) is 0 Å². The van der Waals surface area contributed by atoms with Crippen LogP contribution in [0.2, 0.25) is 0 Å². The predicted molar refractivity (Wildman–Crippen MR) is 69.0 cm³/mol. The van der Waals surface area contributed by atoms with Gasteiger partial charge in [-0.3, -0.25) is 0 Å². The van der Waals surface area contributed by atoms with E-state index in [4.69, 9.17) is 5.73 Å². The quantitative estimate of drug-likeness (QED) is 0.519. The van der Waals surface area contributed by atoms with Crippen molar-refractivity contribution in [3.05, 3.63) is 12.7 Å². The van der Waals surface area contributed by atoms with Gasteiger partial charge in [-0.25, -0.2) is 0 Å². The molecule has 0 aromatic rings. The third kappa shape index (κ3) is 7.57. The molecule has 15 heavy (non-hydrogen) atoms. The predicted octanol–water partition coefficient (Wildman–Crippen LogP) is 2.65. The number of allylic oxidation sites excluding steroid dienone is 1. The van der Waals surface area contributed by atoms with Crippen LogP contribution in [0.25, 0.3) is 0 Å². The van der Waals surface area contributed by atoms with Gasteiger partial charge >= 0.3 is 0 Å². The molecule has 0 aliphatic carbocycles. The zero-order valence-corrected chi connectivity index (χ0v) is 10.9. The minimum Gasteiger partial charge on any atom is -0.327 e. The van der Waals surface area contributed by atoms with Gasteiger partial charge in [0.1, 0.15) is 0 Å². The smallest absolute Gasteiger partial charge is 0.00998 e. The Hall–Kier alpha value is -0.340. The topological polar surface area (TPSA) is 29.3 Å². The molecule has 1 unspecified atom stereocenters. The highest BCUT2D eigenvalue weighted by atomic mass is 15.1. The molecule has 0 bridgehead atoms. The van der Waals surface area contributed by atoms with Crippen molar-refractivity contribution in [2.75, 3.05) is 20.1 Å². The lowest BCUT2D eigenvalue weighted by Gasteiger charge is -2.28. The second-order valence-corrected chi connectivity index (χ2v) is 5.50. The molecular formula is C13H28N2. The molecule has 0 aromatic heterocycles. The van der Waals surface area contributed by atoms with Crippen LogP contribution in [-0.2, 0) is 0 Å². The van der Waals surface area contributed by atoms with Crippen LogP contribution in [-0.4, -0.2) is 31.1 Å². The zero-order valence-electron chi connectivity index (χ0n) is 10.9. The first-order valence-electron chi connectivity index (χ1n) is 5.93. The van der Waals surface area contributed by atoms with Gasteiger partial charge in [0.15, 0.2) is 0 Å². The second kappa shape index (κ2) is 7.02. The van der Waals surface area contributed by atoms with Crippen molar-refractivity contribution in [3.63, 3.8) is 0 Å². The molecule has 90 valence electrons. The fourth-order valence-electron chi connectivity index (χ4n) is 1.41. The lowest BCUT2D eigenvalue weighted by molar-refractivity contribution is 0.254. The third-order valence-corrected chi connectivity index (χ3v) is 2.88. The summed E-state index contributed by atoms with van der Waals surface area (Å²) in [4.78, 5) is 2.36. The summed E-state index contributed by atoms with van der Waals surface area (Å²) in [5.41, 5.74) is 6.34. The third-order valence-electron chi connectivity index (χ3n) is 2.88. The van der Waals surface area contributed by atoms with E-state index in [9.17, 15) is 0 Å². The fourth-order valence-corrected chi connectivity index (χ4v) is 1.41. The van der Waals surface area contributed by atoms with E-state index in [-0.39, 0.29) is 5.41 Å². The van der Waals surface area contributed by atoms with Gasteiger partial charge in [-0.1, -0.05) is 26.8 Å². The average Bonchev–Trinajstić information content (AvgIpc) is 2.13. The Morgan fingerprint density at radius 1 is 1.33 bits per heavy atom. The standard InChI is InChI=1S/C13H28N2/c1-6-7-8-10-15(5)11-9-12(14)13(2,3)4/h6,12H,1,7-11,14H2,2-5H3. The van der Waals surface area contributed by atoms with Crippen molar-refractivity contribution in [3.8, 4) is 0 Å². The van der Waals surface area contributed by atoms with E-state index < -0.39 is 0 Å². The van der Waals surface area contributed by atoms with E-state index >= 15 is 0 Å². The van der Waals surface area contributed by atoms with E-state index in [1.165, 1.54) is 6.42 Å². The molecule has 0 saturated carbocycles. The van der Waals surface area contributed by atoms with Gasteiger partial charge in [0.05, 0.1) is 0 Å². The zero-order chi connectivity index (χ0) is 11.9. The highest BCUT2D eigenvalue weighted by Gasteiger charge is 2.20. The Morgan fingerprint density at radius 2 is 1.93 bits per heavy atom. The highest BCUT2D eigenvalue weighted by molar-refractivity contribution is 4.77. The molecule has 0 fully saturated rings. The van der Waals surface area contributed by atoms with E-state index in [2.05, 4.69) is 39.3 Å². The molecule has 1 atom stereocenters. The summed E-state index contributed by atoms with van der Waals surface area (Å²) >= 11 is 0. The van der Waals surface area contributed by atoms with Crippen molar-refractivity contribution in [1.29, 1.82) is 0 Å². The summed E-state index contributed by atoms with van der Waals surface area (Å²) in [7, 11) is 2.17. The summed E-state index contributed by atoms with van der Waals surface area (Å²) in [5, 5.41) is 0. The van der Waals surface area contributed by atoms with Crippen LogP contribution in [0, 0.1) is 5.41 Å². The molecule has 0 aliphatic heterocycles. The molecule has 0 aliphatic rings. The molecule has 0 amide bonds. The minimum atomic E-state index is 0.224. The summed E-state index contributed by atoms with van der Waals surface area (Å²) in [6.07, 6.45) is 5.36. The maximum atomic E-state index is 6.11. The Bertz CT molecular complexity index is 170. The molecule has 2 nitrogen and oxygen atoms in total. The van der Waals surface area contributed by atoms with Gasteiger partial charge < -0.3 is 10.6 Å². The minimum absolute atomic E-state index is 0.224. The molecule has 0 saturated heterocycles. The monoisotopic (exact) mass is 212 g/mol. The van der Waals surface area contributed by atoms with Crippen LogP contribution in [0.5, 0.6) is 0 Å². The Morgan fingerprint density at radius 3 is 2.40 bits per heavy atom. The molecule has 2 N–H and O–H groups in total. The summed E-state index contributed by atoms with van der Waals surface area (Å²) in [6.45, 7) is 12.6. The fraction of sp³-hybridized carbons (Fsp3) is 0.846. The largest absolute Gasteiger partial charge is 0.327 e. The van der Waals surface area contributed by atoms with Gasteiger partial charge in [-0.2, -0.15) is 0 Å². The van der Waals surface area contributed by atoms with Crippen molar-refractivity contribution in [2.24, 2.45) is 11.1 Å². The van der Waals surface area contributed by atoms with Crippen LogP contribution >= 0.6 is 0 Å². The van der Waals surface area contributed by atoms with E-state index in [0.717, 1.165) is 25.9 Å². The molecule has 0 spiro atoms. The van der Waals surface area contributed by atoms with Gasteiger partial charge in [0.25, 0.3) is 0 Å². The van der Waals surface area contributed by atoms with E-state index in [0.29, 0.717) is 6.04 Å². The first kappa shape index (κ1) is 14.7. The van der Waals surface area contributed by atoms with Gasteiger partial charge in [-0.15, -0.1) is 6.58 Å². The SMILES string of the molecule is C=CCCCN(C)CCC(N)C(C)(C)C. The average molecular weight is 212 g/mol. The van der Waals surface area contributed by atoms with Crippen LogP contribution in [0.15, 0.2) is 12.7 Å². The van der Waals surface area contributed by atoms with E-state index in [1.807, 2.05) is 6.08 Å². The number of rotatable bonds is 7. The van der Waals surface area contributed by atoms with Gasteiger partial charge in [0, 0.05) is 6.04 Å². The maximum Gasteiger partial charge on any atom is 0.00998 e. The number of nitrogens with two attached hydrogens (primary N) is 1. The Labute approximate surface area is 95.5 Å². The Kier molecular flexibility index (Phi) is 6.86. The van der Waals surface area contributed by atoms with Gasteiger partial charge in [0.2, 0.25) is 0 Å². The van der Waals surface area contributed by atoms with Crippen molar-refractivity contribution in [2.45, 2.75) is 46.1 Å². The summed E-state index contributed by atoms with van der Waals surface area (Å²) < 4.78 is 0. The molecule has 0 rings (SSSR count). The summed E-state index contributed by atoms with van der Waals surface area (Å²) in [5.74, 6) is 0. The maximum absolute atomic E-state index is 6.11. The van der Waals surface area contributed by atoms with E-state index in [1.54, 1.807) is 0 Å². The first-order chi connectivity index (χ1) is 6.88. The number of unbranched alkanes of at least 4 members (excludes halogenated alkanes) is 1. The van der Waals surface area contributed by atoms with Crippen molar-refractivity contribution < 1.29 is 0 Å². The molecule has 2 heteroatoms. The molecule has 0 heterocycles. The summed E-state index contributed by atoms with van der Waals surface area (Å²) in [6, 6.07) is 0.291. The molecule has 0 aromatic carbocycles. The van der Waals surface area contributed by atoms with Gasteiger partial charge in [-0.05, 0) is 44.8 Å². The van der Waals surface area contributed by atoms with Crippen LogP contribution in [0.1, 0.15) is 40.0 Å². The van der Waals surface area contributed by atoms with Crippen LogP contribution in [0.4, 0.5) is 0 Å². The molecule has 0 radical (unpaired) electrons. The number of nitrogens with zero attached hydrogens (tertiary/aromatic N) is 1. The number of hydrogen-bond acceptors (Lipinski definition) is 2. The second-order valence-electron chi connectivity index (χ2n) is 5.50. The highest BCUT2D eigenvalue weighted by Crippen LogP contribution is 2.19. The lowest BCUT2D eigenvalue weighted by Crippen LogP contribution is -2.38. The normalized spacial score (nSPS) is 14.3. The van der Waals surface area contributed by atoms with Crippen LogP contribution < -0.4 is 5.73 Å². The van der Waals surface area contributed by atoms with Crippen molar-refractivity contribution in [1.82, 2.24) is 4.90 Å². The van der Waals surface area contributed by atoms with Crippen molar-refractivity contribution >= 4 is 0 Å².